The van der Waals surface area contributed by atoms with Gasteiger partial charge in [-0.05, 0) is 18.1 Å². The molecule has 0 spiro atoms. The van der Waals surface area contributed by atoms with Crippen LogP contribution in [-0.4, -0.2) is 18.0 Å². The number of rotatable bonds is 6. The second-order valence-electron chi connectivity index (χ2n) is 4.74. The van der Waals surface area contributed by atoms with Crippen LogP contribution in [-0.2, 0) is 17.9 Å². The molecule has 0 bridgehead atoms. The SMILES string of the molecule is COCc1ccccc1CNC(=O)c1csc(C(C)N)n1. The number of thiazole rings is 1. The zero-order valence-electron chi connectivity index (χ0n) is 12.1. The van der Waals surface area contributed by atoms with Crippen molar-refractivity contribution >= 4 is 17.2 Å². The highest BCUT2D eigenvalue weighted by Crippen LogP contribution is 2.16. The Morgan fingerprint density at radius 2 is 2.14 bits per heavy atom. The first-order valence-corrected chi connectivity index (χ1v) is 7.54. The summed E-state index contributed by atoms with van der Waals surface area (Å²) in [5, 5.41) is 5.37. The summed E-state index contributed by atoms with van der Waals surface area (Å²) in [7, 11) is 1.65. The lowest BCUT2D eigenvalue weighted by Gasteiger charge is -2.09. The first kappa shape index (κ1) is 15.6. The van der Waals surface area contributed by atoms with Crippen molar-refractivity contribution < 1.29 is 9.53 Å². The molecule has 2 aromatic rings. The van der Waals surface area contributed by atoms with E-state index in [2.05, 4.69) is 10.3 Å². The van der Waals surface area contributed by atoms with E-state index in [9.17, 15) is 4.79 Å². The minimum absolute atomic E-state index is 0.154. The van der Waals surface area contributed by atoms with Crippen LogP contribution in [0.5, 0.6) is 0 Å². The number of nitrogens with two attached hydrogens (primary N) is 1. The Morgan fingerprint density at radius 1 is 1.43 bits per heavy atom. The first-order valence-electron chi connectivity index (χ1n) is 6.66. The second-order valence-corrected chi connectivity index (χ2v) is 5.63. The summed E-state index contributed by atoms with van der Waals surface area (Å²) in [5.41, 5.74) is 8.26. The summed E-state index contributed by atoms with van der Waals surface area (Å²) >= 11 is 1.40. The van der Waals surface area contributed by atoms with E-state index in [4.69, 9.17) is 10.5 Å². The maximum atomic E-state index is 12.1. The van der Waals surface area contributed by atoms with Crippen molar-refractivity contribution in [2.45, 2.75) is 26.1 Å². The van der Waals surface area contributed by atoms with Crippen molar-refractivity contribution in [3.63, 3.8) is 0 Å². The van der Waals surface area contributed by atoms with Crippen molar-refractivity contribution in [2.75, 3.05) is 7.11 Å². The van der Waals surface area contributed by atoms with Gasteiger partial charge < -0.3 is 15.8 Å². The minimum atomic E-state index is -0.189. The lowest BCUT2D eigenvalue weighted by atomic mass is 10.1. The molecule has 0 aliphatic carbocycles. The van der Waals surface area contributed by atoms with Gasteiger partial charge in [0.15, 0.2) is 0 Å². The molecule has 0 saturated carbocycles. The third-order valence-corrected chi connectivity index (χ3v) is 4.05. The van der Waals surface area contributed by atoms with Gasteiger partial charge in [0.2, 0.25) is 0 Å². The number of amides is 1. The number of methoxy groups -OCH3 is 1. The van der Waals surface area contributed by atoms with Crippen LogP contribution in [0.3, 0.4) is 0 Å². The predicted octanol–water partition coefficient (Wildman–Crippen LogP) is 2.24. The van der Waals surface area contributed by atoms with Gasteiger partial charge in [-0.15, -0.1) is 11.3 Å². The molecule has 6 heteroatoms. The minimum Gasteiger partial charge on any atom is -0.380 e. The molecule has 0 aliphatic heterocycles. The number of ether oxygens (including phenoxy) is 1. The Bertz CT molecular complexity index is 610. The molecule has 2 rings (SSSR count). The van der Waals surface area contributed by atoms with Gasteiger partial charge in [0.1, 0.15) is 10.7 Å². The van der Waals surface area contributed by atoms with E-state index in [0.29, 0.717) is 18.8 Å². The van der Waals surface area contributed by atoms with Crippen molar-refractivity contribution in [2.24, 2.45) is 5.73 Å². The van der Waals surface area contributed by atoms with Gasteiger partial charge in [0.05, 0.1) is 12.6 Å². The highest BCUT2D eigenvalue weighted by Gasteiger charge is 2.13. The Balaban J connectivity index is 2.00. The molecule has 1 heterocycles. The molecule has 21 heavy (non-hydrogen) atoms. The molecule has 0 aliphatic rings. The van der Waals surface area contributed by atoms with Crippen LogP contribution in [0.25, 0.3) is 0 Å². The van der Waals surface area contributed by atoms with E-state index in [1.807, 2.05) is 31.2 Å². The van der Waals surface area contributed by atoms with Crippen LogP contribution in [0, 0.1) is 0 Å². The van der Waals surface area contributed by atoms with Gasteiger partial charge in [0, 0.05) is 19.0 Å². The topological polar surface area (TPSA) is 77.2 Å². The predicted molar refractivity (Wildman–Crippen MR) is 83.0 cm³/mol. The molecule has 0 saturated heterocycles. The molecule has 1 aromatic heterocycles. The first-order chi connectivity index (χ1) is 10.1. The number of aromatic nitrogens is 1. The standard InChI is InChI=1S/C15H19N3O2S/c1-10(16)15-18-13(9-21-15)14(19)17-7-11-5-3-4-6-12(11)8-20-2/h3-6,9-10H,7-8,16H2,1-2H3,(H,17,19). The van der Waals surface area contributed by atoms with E-state index in [1.165, 1.54) is 11.3 Å². The number of carbonyl (C=O) groups excluding carboxylic acids is 1. The maximum Gasteiger partial charge on any atom is 0.271 e. The molecule has 3 N–H and O–H groups in total. The lowest BCUT2D eigenvalue weighted by molar-refractivity contribution is 0.0946. The lowest BCUT2D eigenvalue weighted by Crippen LogP contribution is -2.24. The normalized spacial score (nSPS) is 12.1. The van der Waals surface area contributed by atoms with Crippen molar-refractivity contribution in [3.05, 3.63) is 51.5 Å². The van der Waals surface area contributed by atoms with Crippen molar-refractivity contribution in [3.8, 4) is 0 Å². The van der Waals surface area contributed by atoms with E-state index in [-0.39, 0.29) is 11.9 Å². The van der Waals surface area contributed by atoms with E-state index in [1.54, 1.807) is 12.5 Å². The quantitative estimate of drug-likeness (QED) is 0.858. The number of nitrogens with zero attached hydrogens (tertiary/aromatic N) is 1. The number of hydrogen-bond acceptors (Lipinski definition) is 5. The fourth-order valence-electron chi connectivity index (χ4n) is 1.89. The summed E-state index contributed by atoms with van der Waals surface area (Å²) in [5.74, 6) is -0.189. The zero-order chi connectivity index (χ0) is 15.2. The Hall–Kier alpha value is -1.76. The third kappa shape index (κ3) is 4.10. The highest BCUT2D eigenvalue weighted by molar-refractivity contribution is 7.09. The van der Waals surface area contributed by atoms with Gasteiger partial charge in [-0.1, -0.05) is 24.3 Å². The average molecular weight is 305 g/mol. The Labute approximate surface area is 128 Å². The smallest absolute Gasteiger partial charge is 0.271 e. The summed E-state index contributed by atoms with van der Waals surface area (Å²) in [4.78, 5) is 16.3. The largest absolute Gasteiger partial charge is 0.380 e. The fourth-order valence-corrected chi connectivity index (χ4v) is 2.65. The number of hydrogen-bond donors (Lipinski definition) is 2. The van der Waals surface area contributed by atoms with Crippen LogP contribution >= 0.6 is 11.3 Å². The monoisotopic (exact) mass is 305 g/mol. The summed E-state index contributed by atoms with van der Waals surface area (Å²) in [6.45, 7) is 2.82. The van der Waals surface area contributed by atoms with E-state index in [0.717, 1.165) is 16.1 Å². The number of carbonyl (C=O) groups is 1. The zero-order valence-corrected chi connectivity index (χ0v) is 12.9. The molecule has 0 fully saturated rings. The summed E-state index contributed by atoms with van der Waals surface area (Å²) in [6, 6.07) is 7.71. The fraction of sp³-hybridized carbons (Fsp3) is 0.333. The molecular formula is C15H19N3O2S. The summed E-state index contributed by atoms with van der Waals surface area (Å²) in [6.07, 6.45) is 0. The maximum absolute atomic E-state index is 12.1. The van der Waals surface area contributed by atoms with Crippen molar-refractivity contribution in [1.82, 2.24) is 10.3 Å². The van der Waals surface area contributed by atoms with E-state index >= 15 is 0 Å². The molecule has 1 unspecified atom stereocenters. The molecule has 112 valence electrons. The van der Waals surface area contributed by atoms with Crippen LogP contribution < -0.4 is 11.1 Å². The van der Waals surface area contributed by atoms with Crippen LogP contribution in [0.1, 0.15) is 39.6 Å². The second kappa shape index (κ2) is 7.31. The Kier molecular flexibility index (Phi) is 5.44. The van der Waals surface area contributed by atoms with Crippen LogP contribution in [0.2, 0.25) is 0 Å². The molecule has 1 amide bonds. The van der Waals surface area contributed by atoms with Crippen molar-refractivity contribution in [1.29, 1.82) is 0 Å². The van der Waals surface area contributed by atoms with Crippen LogP contribution in [0.15, 0.2) is 29.6 Å². The Morgan fingerprint density at radius 3 is 2.76 bits per heavy atom. The average Bonchev–Trinajstić information content (AvgIpc) is 2.96. The van der Waals surface area contributed by atoms with Gasteiger partial charge >= 0.3 is 0 Å². The van der Waals surface area contributed by atoms with Gasteiger partial charge in [-0.2, -0.15) is 0 Å². The molecule has 0 radical (unpaired) electrons. The molecule has 5 nitrogen and oxygen atoms in total. The van der Waals surface area contributed by atoms with E-state index < -0.39 is 0 Å². The third-order valence-electron chi connectivity index (χ3n) is 3.00. The van der Waals surface area contributed by atoms with Gasteiger partial charge in [0.25, 0.3) is 5.91 Å². The highest BCUT2D eigenvalue weighted by atomic mass is 32.1. The number of benzene rings is 1. The number of nitrogens with one attached hydrogen (secondary N) is 1. The molecular weight excluding hydrogens is 286 g/mol. The molecule has 1 atom stereocenters. The van der Waals surface area contributed by atoms with Crippen LogP contribution in [0.4, 0.5) is 0 Å². The van der Waals surface area contributed by atoms with Gasteiger partial charge in [-0.3, -0.25) is 4.79 Å². The molecule has 1 aromatic carbocycles. The summed E-state index contributed by atoms with van der Waals surface area (Å²) < 4.78 is 5.15. The van der Waals surface area contributed by atoms with Gasteiger partial charge in [-0.25, -0.2) is 4.98 Å².